The SMILES string of the molecule is CC(C)C(N)Cc1c(Cl)cnn1C. The van der Waals surface area contributed by atoms with Gasteiger partial charge in [-0.15, -0.1) is 0 Å². The second kappa shape index (κ2) is 4.11. The molecule has 0 aliphatic rings. The van der Waals surface area contributed by atoms with Crippen LogP contribution < -0.4 is 5.73 Å². The summed E-state index contributed by atoms with van der Waals surface area (Å²) in [6.45, 7) is 4.21. The third-order valence-electron chi connectivity index (χ3n) is 2.30. The van der Waals surface area contributed by atoms with Crippen LogP contribution in [0.2, 0.25) is 5.02 Å². The van der Waals surface area contributed by atoms with Gasteiger partial charge >= 0.3 is 0 Å². The lowest BCUT2D eigenvalue weighted by Gasteiger charge is -2.15. The molecular weight excluding hydrogens is 186 g/mol. The van der Waals surface area contributed by atoms with Gasteiger partial charge in [-0.05, 0) is 5.92 Å². The summed E-state index contributed by atoms with van der Waals surface area (Å²) in [7, 11) is 1.88. The van der Waals surface area contributed by atoms with Crippen LogP contribution in [0.25, 0.3) is 0 Å². The highest BCUT2D eigenvalue weighted by Crippen LogP contribution is 2.17. The van der Waals surface area contributed by atoms with Gasteiger partial charge < -0.3 is 5.73 Å². The van der Waals surface area contributed by atoms with E-state index in [-0.39, 0.29) is 6.04 Å². The zero-order valence-electron chi connectivity index (χ0n) is 8.29. The number of aromatic nitrogens is 2. The quantitative estimate of drug-likeness (QED) is 0.808. The zero-order chi connectivity index (χ0) is 10.0. The van der Waals surface area contributed by atoms with Crippen LogP contribution in [0.15, 0.2) is 6.20 Å². The van der Waals surface area contributed by atoms with E-state index in [0.717, 1.165) is 12.1 Å². The monoisotopic (exact) mass is 201 g/mol. The van der Waals surface area contributed by atoms with Crippen molar-refractivity contribution in [3.05, 3.63) is 16.9 Å². The average Bonchev–Trinajstić information content (AvgIpc) is 2.35. The molecule has 4 heteroatoms. The van der Waals surface area contributed by atoms with Gasteiger partial charge in [-0.25, -0.2) is 0 Å². The van der Waals surface area contributed by atoms with E-state index in [9.17, 15) is 0 Å². The molecule has 2 N–H and O–H groups in total. The highest BCUT2D eigenvalue weighted by atomic mass is 35.5. The third kappa shape index (κ3) is 2.45. The predicted octanol–water partition coefficient (Wildman–Crippen LogP) is 1.60. The standard InChI is InChI=1S/C9H16ClN3/c1-6(2)8(11)4-9-7(10)5-12-13(9)3/h5-6,8H,4,11H2,1-3H3. The molecule has 0 fully saturated rings. The molecule has 1 atom stereocenters. The molecule has 0 saturated carbocycles. The van der Waals surface area contributed by atoms with Crippen molar-refractivity contribution in [1.82, 2.24) is 9.78 Å². The number of hydrogen-bond acceptors (Lipinski definition) is 2. The maximum atomic E-state index is 5.95. The first-order valence-electron chi connectivity index (χ1n) is 4.44. The van der Waals surface area contributed by atoms with E-state index in [0.29, 0.717) is 10.9 Å². The van der Waals surface area contributed by atoms with E-state index in [4.69, 9.17) is 17.3 Å². The topological polar surface area (TPSA) is 43.8 Å². The number of hydrogen-bond donors (Lipinski definition) is 1. The molecule has 0 aliphatic carbocycles. The lowest BCUT2D eigenvalue weighted by Crippen LogP contribution is -2.29. The zero-order valence-corrected chi connectivity index (χ0v) is 9.04. The Kier molecular flexibility index (Phi) is 3.33. The highest BCUT2D eigenvalue weighted by Gasteiger charge is 2.13. The summed E-state index contributed by atoms with van der Waals surface area (Å²) in [6.07, 6.45) is 2.44. The molecule has 0 aliphatic heterocycles. The van der Waals surface area contributed by atoms with Gasteiger partial charge in [0.05, 0.1) is 16.9 Å². The summed E-state index contributed by atoms with van der Waals surface area (Å²) in [5.74, 6) is 0.464. The number of nitrogens with zero attached hydrogens (tertiary/aromatic N) is 2. The van der Waals surface area contributed by atoms with Crippen LogP contribution in [0.4, 0.5) is 0 Å². The van der Waals surface area contributed by atoms with Crippen molar-refractivity contribution in [2.24, 2.45) is 18.7 Å². The van der Waals surface area contributed by atoms with E-state index >= 15 is 0 Å². The molecule has 0 aromatic carbocycles. The maximum Gasteiger partial charge on any atom is 0.0818 e. The molecule has 0 radical (unpaired) electrons. The Morgan fingerprint density at radius 1 is 1.62 bits per heavy atom. The molecule has 1 aromatic heterocycles. The van der Waals surface area contributed by atoms with Crippen molar-refractivity contribution >= 4 is 11.6 Å². The molecule has 3 nitrogen and oxygen atoms in total. The second-order valence-electron chi connectivity index (χ2n) is 3.67. The molecule has 0 bridgehead atoms. The summed E-state index contributed by atoms with van der Waals surface area (Å²) in [6, 6.07) is 0.146. The van der Waals surface area contributed by atoms with E-state index in [1.165, 1.54) is 0 Å². The summed E-state index contributed by atoms with van der Waals surface area (Å²) >= 11 is 5.95. The first-order valence-corrected chi connectivity index (χ1v) is 4.82. The Bertz CT molecular complexity index is 261. The Balaban J connectivity index is 2.73. The van der Waals surface area contributed by atoms with Crippen molar-refractivity contribution < 1.29 is 0 Å². The minimum Gasteiger partial charge on any atom is -0.327 e. The molecule has 13 heavy (non-hydrogen) atoms. The van der Waals surface area contributed by atoms with Gasteiger partial charge in [-0.3, -0.25) is 4.68 Å². The van der Waals surface area contributed by atoms with Crippen molar-refractivity contribution in [2.45, 2.75) is 26.3 Å². The van der Waals surface area contributed by atoms with Gasteiger partial charge in [-0.2, -0.15) is 5.10 Å². The van der Waals surface area contributed by atoms with Gasteiger partial charge in [-0.1, -0.05) is 25.4 Å². The van der Waals surface area contributed by atoms with E-state index in [1.807, 2.05) is 7.05 Å². The Morgan fingerprint density at radius 3 is 2.62 bits per heavy atom. The summed E-state index contributed by atoms with van der Waals surface area (Å²) < 4.78 is 1.78. The fraction of sp³-hybridized carbons (Fsp3) is 0.667. The molecule has 1 rings (SSSR count). The molecule has 74 valence electrons. The summed E-state index contributed by atoms with van der Waals surface area (Å²) in [4.78, 5) is 0. The highest BCUT2D eigenvalue weighted by molar-refractivity contribution is 6.31. The molecule has 1 aromatic rings. The number of aryl methyl sites for hydroxylation is 1. The van der Waals surface area contributed by atoms with E-state index in [1.54, 1.807) is 10.9 Å². The first-order chi connectivity index (χ1) is 6.02. The largest absolute Gasteiger partial charge is 0.327 e. The Hall–Kier alpha value is -0.540. The third-order valence-corrected chi connectivity index (χ3v) is 2.61. The molecule has 0 amide bonds. The van der Waals surface area contributed by atoms with Crippen molar-refractivity contribution in [1.29, 1.82) is 0 Å². The Labute approximate surface area is 83.9 Å². The van der Waals surface area contributed by atoms with E-state index in [2.05, 4.69) is 18.9 Å². The maximum absolute atomic E-state index is 5.95. The van der Waals surface area contributed by atoms with Crippen LogP contribution in [0, 0.1) is 5.92 Å². The summed E-state index contributed by atoms with van der Waals surface area (Å²) in [5.41, 5.74) is 6.96. The average molecular weight is 202 g/mol. The van der Waals surface area contributed by atoms with Gasteiger partial charge in [0.15, 0.2) is 0 Å². The molecule has 0 spiro atoms. The van der Waals surface area contributed by atoms with Gasteiger partial charge in [0.25, 0.3) is 0 Å². The van der Waals surface area contributed by atoms with Crippen molar-refractivity contribution in [3.63, 3.8) is 0 Å². The number of halogens is 1. The van der Waals surface area contributed by atoms with Crippen LogP contribution in [0.1, 0.15) is 19.5 Å². The lowest BCUT2D eigenvalue weighted by atomic mass is 10.0. The normalized spacial score (nSPS) is 13.7. The lowest BCUT2D eigenvalue weighted by molar-refractivity contribution is 0.477. The van der Waals surface area contributed by atoms with Crippen LogP contribution in [-0.4, -0.2) is 15.8 Å². The number of rotatable bonds is 3. The molecule has 1 heterocycles. The van der Waals surface area contributed by atoms with Gasteiger partial charge in [0, 0.05) is 19.5 Å². The van der Waals surface area contributed by atoms with Crippen molar-refractivity contribution in [3.8, 4) is 0 Å². The van der Waals surface area contributed by atoms with Crippen LogP contribution in [-0.2, 0) is 13.5 Å². The van der Waals surface area contributed by atoms with Gasteiger partial charge in [0.2, 0.25) is 0 Å². The summed E-state index contributed by atoms with van der Waals surface area (Å²) in [5, 5.41) is 4.76. The van der Waals surface area contributed by atoms with E-state index < -0.39 is 0 Å². The second-order valence-corrected chi connectivity index (χ2v) is 4.08. The van der Waals surface area contributed by atoms with Crippen LogP contribution in [0.5, 0.6) is 0 Å². The van der Waals surface area contributed by atoms with Gasteiger partial charge in [0.1, 0.15) is 0 Å². The van der Waals surface area contributed by atoms with Crippen molar-refractivity contribution in [2.75, 3.05) is 0 Å². The van der Waals surface area contributed by atoms with Crippen LogP contribution in [0.3, 0.4) is 0 Å². The minimum atomic E-state index is 0.146. The minimum absolute atomic E-state index is 0.146. The predicted molar refractivity (Wildman–Crippen MR) is 54.7 cm³/mol. The smallest absolute Gasteiger partial charge is 0.0818 e. The molecule has 0 saturated heterocycles. The fourth-order valence-electron chi connectivity index (χ4n) is 1.12. The van der Waals surface area contributed by atoms with Crippen LogP contribution >= 0.6 is 11.6 Å². The fourth-order valence-corrected chi connectivity index (χ4v) is 1.37. The number of nitrogens with two attached hydrogens (primary N) is 1. The first kappa shape index (κ1) is 10.5. The Morgan fingerprint density at radius 2 is 2.23 bits per heavy atom. The molecular formula is C9H16ClN3. The molecule has 1 unspecified atom stereocenters.